The van der Waals surface area contributed by atoms with E-state index in [1.807, 2.05) is 6.92 Å². The quantitative estimate of drug-likeness (QED) is 0.894. The molecule has 8 nitrogen and oxygen atoms in total. The molecular weight excluding hydrogens is 300 g/mol. The average Bonchev–Trinajstić information content (AvgIpc) is 3.08. The zero-order valence-corrected chi connectivity index (χ0v) is 11.7. The topological polar surface area (TPSA) is 98.4 Å². The highest BCUT2D eigenvalue weighted by molar-refractivity contribution is 6.32. The molecular formula is C12H11ClN4O4. The first kappa shape index (κ1) is 13.5. The molecule has 0 aliphatic carbocycles. The van der Waals surface area contributed by atoms with Crippen LogP contribution in [0.2, 0.25) is 5.02 Å². The van der Waals surface area contributed by atoms with Crippen LogP contribution in [-0.2, 0) is 0 Å². The molecule has 2 N–H and O–H groups in total. The second kappa shape index (κ2) is 5.49. The van der Waals surface area contributed by atoms with Crippen molar-refractivity contribution in [2.24, 2.45) is 0 Å². The summed E-state index contributed by atoms with van der Waals surface area (Å²) in [6.45, 7) is 2.33. The van der Waals surface area contributed by atoms with Gasteiger partial charge in [0.15, 0.2) is 11.5 Å². The summed E-state index contributed by atoms with van der Waals surface area (Å²) >= 11 is 6.03. The maximum atomic E-state index is 12.1. The summed E-state index contributed by atoms with van der Waals surface area (Å²) in [6.07, 6.45) is 0. The summed E-state index contributed by atoms with van der Waals surface area (Å²) in [7, 11) is 0. The Morgan fingerprint density at radius 1 is 1.52 bits per heavy atom. The van der Waals surface area contributed by atoms with Gasteiger partial charge >= 0.3 is 6.01 Å². The van der Waals surface area contributed by atoms with Crippen molar-refractivity contribution in [3.05, 3.63) is 22.7 Å². The molecule has 9 heteroatoms. The third-order valence-electron chi connectivity index (χ3n) is 2.66. The van der Waals surface area contributed by atoms with E-state index in [4.69, 9.17) is 25.8 Å². The molecule has 0 saturated heterocycles. The van der Waals surface area contributed by atoms with Crippen molar-refractivity contribution in [2.75, 3.05) is 18.7 Å². The van der Waals surface area contributed by atoms with Crippen LogP contribution in [0.5, 0.6) is 17.5 Å². The molecule has 1 amide bonds. The van der Waals surface area contributed by atoms with Crippen molar-refractivity contribution in [3.63, 3.8) is 0 Å². The smallest absolute Gasteiger partial charge is 0.337 e. The van der Waals surface area contributed by atoms with Crippen molar-refractivity contribution >= 4 is 23.5 Å². The number of rotatable bonds is 4. The fourth-order valence-corrected chi connectivity index (χ4v) is 2.04. The lowest BCUT2D eigenvalue weighted by Gasteiger charge is -2.04. The number of ether oxygens (including phenoxy) is 3. The fourth-order valence-electron chi connectivity index (χ4n) is 1.77. The maximum Gasteiger partial charge on any atom is 0.337 e. The monoisotopic (exact) mass is 310 g/mol. The number of hydrogen-bond donors (Lipinski definition) is 2. The Morgan fingerprint density at radius 3 is 3.19 bits per heavy atom. The minimum absolute atomic E-state index is 0.0833. The minimum atomic E-state index is -0.408. The van der Waals surface area contributed by atoms with Gasteiger partial charge in [-0.05, 0) is 19.1 Å². The average molecular weight is 311 g/mol. The van der Waals surface area contributed by atoms with Crippen molar-refractivity contribution in [1.29, 1.82) is 0 Å². The molecule has 110 valence electrons. The highest BCUT2D eigenvalue weighted by atomic mass is 35.5. The number of aromatic amines is 1. The van der Waals surface area contributed by atoms with Crippen LogP contribution >= 0.6 is 11.6 Å². The van der Waals surface area contributed by atoms with E-state index in [0.29, 0.717) is 28.7 Å². The molecule has 0 unspecified atom stereocenters. The molecule has 0 saturated carbocycles. The summed E-state index contributed by atoms with van der Waals surface area (Å²) in [5.74, 6) is 0.637. The van der Waals surface area contributed by atoms with E-state index in [-0.39, 0.29) is 18.8 Å². The van der Waals surface area contributed by atoms with Crippen molar-refractivity contribution in [2.45, 2.75) is 6.92 Å². The van der Waals surface area contributed by atoms with Crippen LogP contribution in [0.3, 0.4) is 0 Å². The molecule has 3 rings (SSSR count). The Hall–Kier alpha value is -2.48. The molecule has 0 fully saturated rings. The predicted octanol–water partition coefficient (Wildman–Crippen LogP) is 1.84. The number of anilines is 1. The van der Waals surface area contributed by atoms with Crippen molar-refractivity contribution < 1.29 is 19.0 Å². The summed E-state index contributed by atoms with van der Waals surface area (Å²) in [4.78, 5) is 16.1. The number of nitrogens with one attached hydrogen (secondary N) is 2. The van der Waals surface area contributed by atoms with E-state index in [1.165, 1.54) is 6.07 Å². The summed E-state index contributed by atoms with van der Waals surface area (Å²) in [5, 5.41) is 9.20. The van der Waals surface area contributed by atoms with Crippen LogP contribution in [0.1, 0.15) is 17.3 Å². The van der Waals surface area contributed by atoms with Gasteiger partial charge in [-0.1, -0.05) is 11.6 Å². The lowest BCUT2D eigenvalue weighted by Crippen LogP contribution is -2.13. The fraction of sp³-hybridized carbons (Fsp3) is 0.250. The molecule has 1 aromatic carbocycles. The van der Waals surface area contributed by atoms with Crippen LogP contribution in [0, 0.1) is 0 Å². The second-order valence-electron chi connectivity index (χ2n) is 4.05. The third-order valence-corrected chi connectivity index (χ3v) is 2.94. The van der Waals surface area contributed by atoms with Gasteiger partial charge in [0.25, 0.3) is 5.91 Å². The first-order chi connectivity index (χ1) is 10.2. The van der Waals surface area contributed by atoms with Crippen LogP contribution in [0.15, 0.2) is 12.1 Å². The summed E-state index contributed by atoms with van der Waals surface area (Å²) < 4.78 is 15.5. The number of benzene rings is 1. The first-order valence-corrected chi connectivity index (χ1v) is 6.51. The Labute approximate surface area is 124 Å². The SMILES string of the molecule is CCOc1n[nH]c(NC(=O)c2cc(Cl)c3c(c2)OCO3)n1. The first-order valence-electron chi connectivity index (χ1n) is 6.13. The van der Waals surface area contributed by atoms with Crippen LogP contribution < -0.4 is 19.5 Å². The number of carbonyl (C=O) groups excluding carboxylic acids is 1. The van der Waals surface area contributed by atoms with E-state index in [2.05, 4.69) is 20.5 Å². The molecule has 1 aromatic heterocycles. The highest BCUT2D eigenvalue weighted by Crippen LogP contribution is 2.39. The Bertz CT molecular complexity index is 688. The van der Waals surface area contributed by atoms with Crippen LogP contribution in [0.4, 0.5) is 5.95 Å². The molecule has 0 spiro atoms. The number of aromatic nitrogens is 3. The van der Waals surface area contributed by atoms with Crippen LogP contribution in [-0.4, -0.2) is 34.5 Å². The molecule has 1 aliphatic heterocycles. The second-order valence-corrected chi connectivity index (χ2v) is 4.45. The Kier molecular flexibility index (Phi) is 3.53. The van der Waals surface area contributed by atoms with E-state index >= 15 is 0 Å². The number of halogens is 1. The summed E-state index contributed by atoms with van der Waals surface area (Å²) in [6, 6.07) is 3.20. The molecule has 0 atom stereocenters. The predicted molar refractivity (Wildman–Crippen MR) is 73.1 cm³/mol. The van der Waals surface area contributed by atoms with Gasteiger partial charge in [0.2, 0.25) is 12.7 Å². The number of nitrogens with zero attached hydrogens (tertiary/aromatic N) is 2. The number of carbonyl (C=O) groups is 1. The number of fused-ring (bicyclic) bond motifs is 1. The zero-order valence-electron chi connectivity index (χ0n) is 11.0. The van der Waals surface area contributed by atoms with Crippen LogP contribution in [0.25, 0.3) is 0 Å². The number of hydrogen-bond acceptors (Lipinski definition) is 6. The van der Waals surface area contributed by atoms with Gasteiger partial charge in [0, 0.05) is 5.56 Å². The maximum absolute atomic E-state index is 12.1. The Balaban J connectivity index is 1.77. The highest BCUT2D eigenvalue weighted by Gasteiger charge is 2.21. The third kappa shape index (κ3) is 2.70. The van der Waals surface area contributed by atoms with E-state index < -0.39 is 5.91 Å². The van der Waals surface area contributed by atoms with E-state index in [1.54, 1.807) is 6.07 Å². The van der Waals surface area contributed by atoms with Gasteiger partial charge in [-0.25, -0.2) is 5.10 Å². The van der Waals surface area contributed by atoms with Gasteiger partial charge in [0.1, 0.15) is 0 Å². The van der Waals surface area contributed by atoms with Crippen molar-refractivity contribution in [3.8, 4) is 17.5 Å². The van der Waals surface area contributed by atoms with E-state index in [9.17, 15) is 4.79 Å². The standard InChI is InChI=1S/C12H11ClN4O4/c1-2-19-12-15-11(16-17-12)14-10(18)6-3-7(13)9-8(4-6)20-5-21-9/h3-4H,2,5H2,1H3,(H2,14,15,16,17,18). The molecule has 2 heterocycles. The van der Waals surface area contributed by atoms with Gasteiger partial charge in [-0.3, -0.25) is 10.1 Å². The number of amides is 1. The van der Waals surface area contributed by atoms with E-state index in [0.717, 1.165) is 0 Å². The zero-order chi connectivity index (χ0) is 14.8. The molecule has 21 heavy (non-hydrogen) atoms. The lowest BCUT2D eigenvalue weighted by atomic mass is 10.2. The molecule has 0 bridgehead atoms. The van der Waals surface area contributed by atoms with Gasteiger partial charge in [-0.15, -0.1) is 5.10 Å². The lowest BCUT2D eigenvalue weighted by molar-refractivity contribution is 0.102. The molecule has 2 aromatic rings. The van der Waals surface area contributed by atoms with Gasteiger partial charge in [0.05, 0.1) is 11.6 Å². The molecule has 0 radical (unpaired) electrons. The van der Waals surface area contributed by atoms with Crippen molar-refractivity contribution in [1.82, 2.24) is 15.2 Å². The van der Waals surface area contributed by atoms with Gasteiger partial charge in [-0.2, -0.15) is 4.98 Å². The normalized spacial score (nSPS) is 12.3. The molecule has 1 aliphatic rings. The number of H-pyrrole nitrogens is 1. The van der Waals surface area contributed by atoms with Gasteiger partial charge < -0.3 is 14.2 Å². The largest absolute Gasteiger partial charge is 0.463 e. The summed E-state index contributed by atoms with van der Waals surface area (Å²) in [5.41, 5.74) is 0.318. The Morgan fingerprint density at radius 2 is 2.38 bits per heavy atom. The minimum Gasteiger partial charge on any atom is -0.463 e.